The van der Waals surface area contributed by atoms with Crippen LogP contribution in [0.1, 0.15) is 43.3 Å². The van der Waals surface area contributed by atoms with Crippen LogP contribution in [0.2, 0.25) is 0 Å². The van der Waals surface area contributed by atoms with E-state index < -0.39 is 0 Å². The van der Waals surface area contributed by atoms with Gasteiger partial charge in [-0.3, -0.25) is 0 Å². The molecule has 2 rings (SSSR count). The minimum atomic E-state index is 0.532. The molecule has 3 nitrogen and oxygen atoms in total. The average Bonchev–Trinajstić information content (AvgIpc) is 2.76. The first-order valence-corrected chi connectivity index (χ1v) is 7.02. The molecule has 1 aromatic heterocycles. The van der Waals surface area contributed by atoms with Crippen LogP contribution >= 0.6 is 11.3 Å². The van der Waals surface area contributed by atoms with Crippen LogP contribution in [-0.2, 0) is 6.54 Å². The molecule has 2 N–H and O–H groups in total. The van der Waals surface area contributed by atoms with Crippen molar-refractivity contribution in [3.05, 3.63) is 16.1 Å². The summed E-state index contributed by atoms with van der Waals surface area (Å²) in [5.41, 5.74) is 1.20. The number of hydrogen-bond donors (Lipinski definition) is 2. The third-order valence-corrected chi connectivity index (χ3v) is 4.01. The summed E-state index contributed by atoms with van der Waals surface area (Å²) in [7, 11) is 0. The Hall–Kier alpha value is -0.450. The van der Waals surface area contributed by atoms with Crippen molar-refractivity contribution >= 4 is 11.3 Å². The van der Waals surface area contributed by atoms with Crippen molar-refractivity contribution in [1.82, 2.24) is 15.6 Å². The highest BCUT2D eigenvalue weighted by Gasteiger charge is 2.18. The largest absolute Gasteiger partial charge is 0.317 e. The molecular weight excluding hydrogens is 218 g/mol. The highest BCUT2D eigenvalue weighted by atomic mass is 32.1. The van der Waals surface area contributed by atoms with E-state index in [1.807, 2.05) is 11.3 Å². The number of aromatic nitrogens is 1. The topological polar surface area (TPSA) is 37.0 Å². The molecule has 0 unspecified atom stereocenters. The lowest BCUT2D eigenvalue weighted by atomic mass is 9.99. The van der Waals surface area contributed by atoms with Crippen LogP contribution in [0.3, 0.4) is 0 Å². The van der Waals surface area contributed by atoms with Gasteiger partial charge in [-0.05, 0) is 25.9 Å². The Morgan fingerprint density at radius 1 is 1.50 bits per heavy atom. The van der Waals surface area contributed by atoms with E-state index in [2.05, 4.69) is 29.9 Å². The van der Waals surface area contributed by atoms with Crippen LogP contribution in [0, 0.1) is 0 Å². The highest BCUT2D eigenvalue weighted by Crippen LogP contribution is 2.27. The summed E-state index contributed by atoms with van der Waals surface area (Å²) in [5, 5.41) is 10.3. The summed E-state index contributed by atoms with van der Waals surface area (Å²) in [5.74, 6) is 0.694. The van der Waals surface area contributed by atoms with Gasteiger partial charge in [0.1, 0.15) is 0 Å². The first-order chi connectivity index (χ1) is 7.75. The third-order valence-electron chi connectivity index (χ3n) is 2.95. The molecule has 0 aliphatic carbocycles. The fourth-order valence-corrected chi connectivity index (χ4v) is 2.96. The molecule has 0 spiro atoms. The normalized spacial score (nSPS) is 18.2. The molecule has 0 bridgehead atoms. The Balaban J connectivity index is 1.90. The zero-order valence-electron chi connectivity index (χ0n) is 10.1. The van der Waals surface area contributed by atoms with E-state index in [1.165, 1.54) is 23.5 Å². The van der Waals surface area contributed by atoms with Gasteiger partial charge in [0.25, 0.3) is 0 Å². The van der Waals surface area contributed by atoms with E-state index in [9.17, 15) is 0 Å². The molecule has 1 aliphatic heterocycles. The maximum atomic E-state index is 4.73. The van der Waals surface area contributed by atoms with Crippen LogP contribution in [0.15, 0.2) is 5.38 Å². The second-order valence-electron chi connectivity index (χ2n) is 4.74. The molecule has 0 atom stereocenters. The summed E-state index contributed by atoms with van der Waals surface area (Å²) >= 11 is 1.83. The monoisotopic (exact) mass is 239 g/mol. The quantitative estimate of drug-likeness (QED) is 0.845. The van der Waals surface area contributed by atoms with E-state index in [0.717, 1.165) is 19.6 Å². The first-order valence-electron chi connectivity index (χ1n) is 6.14. The van der Waals surface area contributed by atoms with Gasteiger partial charge in [0.2, 0.25) is 0 Å². The SMILES string of the molecule is CC(C)NCc1csc(C2CCNCC2)n1. The van der Waals surface area contributed by atoms with Crippen LogP contribution in [-0.4, -0.2) is 24.1 Å². The molecule has 0 aromatic carbocycles. The predicted molar refractivity (Wildman–Crippen MR) is 68.9 cm³/mol. The zero-order chi connectivity index (χ0) is 11.4. The molecule has 0 radical (unpaired) electrons. The molecule has 16 heavy (non-hydrogen) atoms. The molecule has 4 heteroatoms. The van der Waals surface area contributed by atoms with Crippen molar-refractivity contribution in [3.63, 3.8) is 0 Å². The number of nitrogens with one attached hydrogen (secondary N) is 2. The van der Waals surface area contributed by atoms with E-state index in [-0.39, 0.29) is 0 Å². The maximum Gasteiger partial charge on any atom is 0.0960 e. The summed E-state index contributed by atoms with van der Waals surface area (Å²) in [6, 6.07) is 0.532. The number of nitrogens with zero attached hydrogens (tertiary/aromatic N) is 1. The molecular formula is C12H21N3S. The number of thiazole rings is 1. The lowest BCUT2D eigenvalue weighted by molar-refractivity contribution is 0.458. The molecule has 1 saturated heterocycles. The summed E-state index contributed by atoms with van der Waals surface area (Å²) < 4.78 is 0. The molecule has 0 amide bonds. The van der Waals surface area contributed by atoms with Gasteiger partial charge in [0.15, 0.2) is 0 Å². The molecule has 90 valence electrons. The number of hydrogen-bond acceptors (Lipinski definition) is 4. The highest BCUT2D eigenvalue weighted by molar-refractivity contribution is 7.09. The van der Waals surface area contributed by atoms with Crippen molar-refractivity contribution < 1.29 is 0 Å². The van der Waals surface area contributed by atoms with Crippen molar-refractivity contribution in [2.24, 2.45) is 0 Å². The molecule has 0 saturated carbocycles. The van der Waals surface area contributed by atoms with Crippen molar-refractivity contribution in [3.8, 4) is 0 Å². The summed E-state index contributed by atoms with van der Waals surface area (Å²) in [6.07, 6.45) is 2.48. The molecule has 1 aliphatic rings. The standard InChI is InChI=1S/C12H21N3S/c1-9(2)14-7-11-8-16-12(15-11)10-3-5-13-6-4-10/h8-10,13-14H,3-7H2,1-2H3. The lowest BCUT2D eigenvalue weighted by Crippen LogP contribution is -2.26. The van der Waals surface area contributed by atoms with Gasteiger partial charge in [-0.2, -0.15) is 0 Å². The Bertz CT molecular complexity index is 316. The van der Waals surface area contributed by atoms with Crippen molar-refractivity contribution in [1.29, 1.82) is 0 Å². The number of rotatable bonds is 4. The van der Waals surface area contributed by atoms with E-state index in [1.54, 1.807) is 0 Å². The van der Waals surface area contributed by atoms with E-state index in [0.29, 0.717) is 12.0 Å². The van der Waals surface area contributed by atoms with Crippen LogP contribution in [0.4, 0.5) is 0 Å². The van der Waals surface area contributed by atoms with Crippen molar-refractivity contribution in [2.75, 3.05) is 13.1 Å². The van der Waals surface area contributed by atoms with Gasteiger partial charge < -0.3 is 10.6 Å². The summed E-state index contributed by atoms with van der Waals surface area (Å²) in [6.45, 7) is 7.52. The first kappa shape index (κ1) is 12.0. The van der Waals surface area contributed by atoms with Gasteiger partial charge in [-0.1, -0.05) is 13.8 Å². The van der Waals surface area contributed by atoms with E-state index >= 15 is 0 Å². The van der Waals surface area contributed by atoms with Crippen LogP contribution < -0.4 is 10.6 Å². The number of piperidine rings is 1. The second kappa shape index (κ2) is 5.75. The van der Waals surface area contributed by atoms with Crippen LogP contribution in [0.5, 0.6) is 0 Å². The van der Waals surface area contributed by atoms with Gasteiger partial charge in [0, 0.05) is 23.9 Å². The smallest absolute Gasteiger partial charge is 0.0960 e. The fraction of sp³-hybridized carbons (Fsp3) is 0.750. The summed E-state index contributed by atoms with van der Waals surface area (Å²) in [4.78, 5) is 4.73. The zero-order valence-corrected chi connectivity index (χ0v) is 10.9. The fourth-order valence-electron chi connectivity index (χ4n) is 1.97. The minimum Gasteiger partial charge on any atom is -0.317 e. The Labute approximate surface area is 102 Å². The predicted octanol–water partition coefficient (Wildman–Crippen LogP) is 2.11. The maximum absolute atomic E-state index is 4.73. The Kier molecular flexibility index (Phi) is 4.32. The van der Waals surface area contributed by atoms with Crippen molar-refractivity contribution in [2.45, 2.75) is 45.2 Å². The van der Waals surface area contributed by atoms with Gasteiger partial charge in [-0.25, -0.2) is 4.98 Å². The second-order valence-corrected chi connectivity index (χ2v) is 5.63. The Morgan fingerprint density at radius 2 is 2.25 bits per heavy atom. The molecule has 1 fully saturated rings. The van der Waals surface area contributed by atoms with Gasteiger partial charge in [-0.15, -0.1) is 11.3 Å². The molecule has 1 aromatic rings. The molecule has 2 heterocycles. The lowest BCUT2D eigenvalue weighted by Gasteiger charge is -2.20. The Morgan fingerprint density at radius 3 is 2.94 bits per heavy atom. The minimum absolute atomic E-state index is 0.532. The van der Waals surface area contributed by atoms with Gasteiger partial charge in [0.05, 0.1) is 10.7 Å². The average molecular weight is 239 g/mol. The van der Waals surface area contributed by atoms with Crippen LogP contribution in [0.25, 0.3) is 0 Å². The third kappa shape index (κ3) is 3.27. The van der Waals surface area contributed by atoms with E-state index in [4.69, 9.17) is 4.98 Å². The van der Waals surface area contributed by atoms with Gasteiger partial charge >= 0.3 is 0 Å².